The fraction of sp³-hybridized carbons (Fsp3) is 0.515. The summed E-state index contributed by atoms with van der Waals surface area (Å²) in [5.41, 5.74) is 8.01. The van der Waals surface area contributed by atoms with Gasteiger partial charge in [0.15, 0.2) is 0 Å². The van der Waals surface area contributed by atoms with E-state index in [0.29, 0.717) is 18.2 Å². The van der Waals surface area contributed by atoms with Gasteiger partial charge in [0.1, 0.15) is 12.2 Å². The van der Waals surface area contributed by atoms with Gasteiger partial charge in [-0.3, -0.25) is 14.6 Å². The Kier molecular flexibility index (Phi) is 10.2. The van der Waals surface area contributed by atoms with Crippen LogP contribution in [0.1, 0.15) is 87.9 Å². The number of carbonyl (C=O) groups is 2. The smallest absolute Gasteiger partial charge is 0.271 e. The van der Waals surface area contributed by atoms with Crippen LogP contribution < -0.4 is 5.43 Å². The van der Waals surface area contributed by atoms with Gasteiger partial charge in [-0.25, -0.2) is 5.43 Å². The van der Waals surface area contributed by atoms with Gasteiger partial charge in [-0.1, -0.05) is 100 Å². The molecule has 3 aliphatic heterocycles. The molecule has 39 heavy (non-hydrogen) atoms. The molecule has 6 heteroatoms. The Morgan fingerprint density at radius 2 is 1.64 bits per heavy atom. The monoisotopic (exact) mass is 530 g/mol. The molecule has 0 aromatic heterocycles. The second-order valence-corrected chi connectivity index (χ2v) is 10.8. The topological polar surface area (TPSA) is 55.9 Å². The molecule has 5 rings (SSSR count). The number of aryl methyl sites for hydroxylation is 1. The van der Waals surface area contributed by atoms with Gasteiger partial charge in [0.05, 0.1) is 12.1 Å². The predicted molar refractivity (Wildman–Crippen MR) is 158 cm³/mol. The molecule has 3 heterocycles. The first kappa shape index (κ1) is 28.9. The van der Waals surface area contributed by atoms with Gasteiger partial charge in [-0.15, -0.1) is 0 Å². The van der Waals surface area contributed by atoms with Crippen molar-refractivity contribution >= 4 is 11.8 Å². The summed E-state index contributed by atoms with van der Waals surface area (Å²) in [5.74, 6) is 0.537. The first-order chi connectivity index (χ1) is 19.0. The number of piperazine rings is 1. The highest BCUT2D eigenvalue weighted by Crippen LogP contribution is 2.33. The molecule has 0 aliphatic carbocycles. The fourth-order valence-electron chi connectivity index (χ4n) is 5.93. The predicted octanol–water partition coefficient (Wildman–Crippen LogP) is 5.96. The number of hydrazine groups is 1. The maximum absolute atomic E-state index is 13.6. The Labute approximate surface area is 235 Å². The number of likely N-dealkylation sites (tertiary alicyclic amines) is 1. The molecule has 0 radical (unpaired) electrons. The lowest BCUT2D eigenvalue weighted by atomic mass is 9.89. The van der Waals surface area contributed by atoms with Crippen molar-refractivity contribution in [3.63, 3.8) is 0 Å². The van der Waals surface area contributed by atoms with Gasteiger partial charge in [-0.2, -0.15) is 0 Å². The van der Waals surface area contributed by atoms with Crippen molar-refractivity contribution in [2.24, 2.45) is 0 Å². The molecule has 2 fully saturated rings. The number of unbranched alkanes of at least 4 members (excludes halogenated alkanes) is 2. The van der Waals surface area contributed by atoms with E-state index in [4.69, 9.17) is 0 Å². The fourth-order valence-corrected chi connectivity index (χ4v) is 5.93. The molecular formula is C33H46N4O2. The summed E-state index contributed by atoms with van der Waals surface area (Å²) in [6.45, 7) is 10.6. The van der Waals surface area contributed by atoms with Crippen LogP contribution in [0.5, 0.6) is 0 Å². The van der Waals surface area contributed by atoms with Crippen LogP contribution in [0.15, 0.2) is 66.4 Å². The van der Waals surface area contributed by atoms with Crippen LogP contribution in [0.25, 0.3) is 0 Å². The summed E-state index contributed by atoms with van der Waals surface area (Å²) in [4.78, 5) is 30.6. The summed E-state index contributed by atoms with van der Waals surface area (Å²) in [5, 5.41) is 2.09. The van der Waals surface area contributed by atoms with E-state index >= 15 is 0 Å². The van der Waals surface area contributed by atoms with E-state index in [-0.39, 0.29) is 30.4 Å². The second kappa shape index (κ2) is 13.8. The number of nitrogens with zero attached hydrogens (tertiary/aromatic N) is 3. The van der Waals surface area contributed by atoms with E-state index in [0.717, 1.165) is 50.8 Å². The summed E-state index contributed by atoms with van der Waals surface area (Å²) in [6, 6.07) is 19.2. The molecule has 2 unspecified atom stereocenters. The number of carbonyl (C=O) groups excluding carboxylic acids is 2. The Bertz CT molecular complexity index is 1110. The zero-order valence-corrected chi connectivity index (χ0v) is 24.2. The summed E-state index contributed by atoms with van der Waals surface area (Å²) in [7, 11) is 0. The number of rotatable bonds is 8. The molecule has 2 aromatic carbocycles. The minimum Gasteiger partial charge on any atom is -0.341 e. The Morgan fingerprint density at radius 3 is 2.31 bits per heavy atom. The average molecular weight is 531 g/mol. The molecule has 3 aliphatic rings. The van der Waals surface area contributed by atoms with Crippen molar-refractivity contribution in [3.05, 3.63) is 83.1 Å². The standard InChI is InChI=1S/C31H40N4O2.C2H6/c1-3-4-6-11-27-21-34(22-30(36)33-18-16-25(17-19-33)24-9-7-5-8-10-24)31(37)29-20-28(32-35(27)29)26-14-12-23(2)13-15-26;1-2/h5,7-10,12-15,20,25,27-28,32H,3-4,6,11,16-19,21-22H2,1-2H3;1-2H3. The van der Waals surface area contributed by atoms with Crippen molar-refractivity contribution < 1.29 is 9.59 Å². The maximum atomic E-state index is 13.6. The zero-order chi connectivity index (χ0) is 27.8. The third-order valence-corrected chi connectivity index (χ3v) is 8.19. The highest BCUT2D eigenvalue weighted by atomic mass is 16.2. The number of piperidine rings is 1. The van der Waals surface area contributed by atoms with Gasteiger partial charge in [-0.05, 0) is 49.3 Å². The molecule has 2 saturated heterocycles. The van der Waals surface area contributed by atoms with Gasteiger partial charge in [0, 0.05) is 19.6 Å². The van der Waals surface area contributed by atoms with Gasteiger partial charge in [0.25, 0.3) is 5.91 Å². The van der Waals surface area contributed by atoms with Gasteiger partial charge < -0.3 is 9.80 Å². The van der Waals surface area contributed by atoms with Crippen molar-refractivity contribution in [3.8, 4) is 0 Å². The van der Waals surface area contributed by atoms with E-state index in [1.807, 2.05) is 30.9 Å². The van der Waals surface area contributed by atoms with Crippen molar-refractivity contribution in [2.75, 3.05) is 26.2 Å². The summed E-state index contributed by atoms with van der Waals surface area (Å²) in [6.07, 6.45) is 8.45. The van der Waals surface area contributed by atoms with Crippen LogP contribution in [-0.2, 0) is 9.59 Å². The van der Waals surface area contributed by atoms with E-state index < -0.39 is 0 Å². The van der Waals surface area contributed by atoms with E-state index in [9.17, 15) is 9.59 Å². The van der Waals surface area contributed by atoms with Crippen LogP contribution in [0.2, 0.25) is 0 Å². The van der Waals surface area contributed by atoms with Crippen molar-refractivity contribution in [1.29, 1.82) is 0 Å². The van der Waals surface area contributed by atoms with Crippen LogP contribution in [0, 0.1) is 6.92 Å². The van der Waals surface area contributed by atoms with Crippen molar-refractivity contribution in [1.82, 2.24) is 20.2 Å². The number of hydrogen-bond donors (Lipinski definition) is 1. The average Bonchev–Trinajstić information content (AvgIpc) is 3.43. The molecule has 2 atom stereocenters. The van der Waals surface area contributed by atoms with Crippen LogP contribution in [-0.4, -0.2) is 58.8 Å². The molecule has 2 amide bonds. The third-order valence-electron chi connectivity index (χ3n) is 8.19. The van der Waals surface area contributed by atoms with E-state index in [1.54, 1.807) is 4.90 Å². The Balaban J connectivity index is 0.00000172. The number of fused-ring (bicyclic) bond motifs is 1. The largest absolute Gasteiger partial charge is 0.341 e. The number of amides is 2. The lowest BCUT2D eigenvalue weighted by Gasteiger charge is -2.42. The minimum atomic E-state index is -0.0404. The van der Waals surface area contributed by atoms with Gasteiger partial charge in [0.2, 0.25) is 5.91 Å². The first-order valence-corrected chi connectivity index (χ1v) is 15.0. The zero-order valence-electron chi connectivity index (χ0n) is 24.2. The molecule has 0 saturated carbocycles. The molecule has 210 valence electrons. The minimum absolute atomic E-state index is 0.0270. The Hall–Kier alpha value is -3.12. The van der Waals surface area contributed by atoms with Crippen LogP contribution in [0.3, 0.4) is 0 Å². The first-order valence-electron chi connectivity index (χ1n) is 15.0. The summed E-state index contributed by atoms with van der Waals surface area (Å²) < 4.78 is 0. The number of benzene rings is 2. The molecule has 0 bridgehead atoms. The molecule has 6 nitrogen and oxygen atoms in total. The maximum Gasteiger partial charge on any atom is 0.271 e. The molecule has 2 aromatic rings. The van der Waals surface area contributed by atoms with E-state index in [1.165, 1.54) is 17.5 Å². The number of hydrogen-bond acceptors (Lipinski definition) is 4. The third kappa shape index (κ3) is 6.91. The van der Waals surface area contributed by atoms with Crippen LogP contribution in [0.4, 0.5) is 0 Å². The lowest BCUT2D eigenvalue weighted by Crippen LogP contribution is -2.58. The summed E-state index contributed by atoms with van der Waals surface area (Å²) >= 11 is 0. The van der Waals surface area contributed by atoms with E-state index in [2.05, 4.69) is 72.8 Å². The lowest BCUT2D eigenvalue weighted by molar-refractivity contribution is -0.143. The molecule has 0 spiro atoms. The number of nitrogens with one attached hydrogen (secondary N) is 1. The van der Waals surface area contributed by atoms with Gasteiger partial charge >= 0.3 is 0 Å². The van der Waals surface area contributed by atoms with Crippen molar-refractivity contribution in [2.45, 2.75) is 84.2 Å². The highest BCUT2D eigenvalue weighted by molar-refractivity contribution is 5.96. The normalized spacial score (nSPS) is 21.3. The molecule has 1 N–H and O–H groups in total. The Morgan fingerprint density at radius 1 is 0.949 bits per heavy atom. The SMILES string of the molecule is CC.CCCCCC1CN(CC(=O)N2CCC(c3ccccc3)CC2)C(=O)C2=CC(c3ccc(C)cc3)NN21. The highest BCUT2D eigenvalue weighted by Gasteiger charge is 2.41. The second-order valence-electron chi connectivity index (χ2n) is 10.8. The molecular weight excluding hydrogens is 484 g/mol. The quantitative estimate of drug-likeness (QED) is 0.428. The van der Waals surface area contributed by atoms with Crippen LogP contribution >= 0.6 is 0 Å².